The maximum absolute atomic E-state index is 12.5. The van der Waals surface area contributed by atoms with E-state index in [9.17, 15) is 18.0 Å². The van der Waals surface area contributed by atoms with Crippen LogP contribution in [-0.2, 0) is 19.6 Å². The van der Waals surface area contributed by atoms with Gasteiger partial charge in [0.25, 0.3) is 0 Å². The molecule has 0 aromatic heterocycles. The van der Waals surface area contributed by atoms with Crippen LogP contribution >= 0.6 is 0 Å². The number of nitrogens with zero attached hydrogens (tertiary/aromatic N) is 2. The van der Waals surface area contributed by atoms with Gasteiger partial charge in [-0.2, -0.15) is 0 Å². The Morgan fingerprint density at radius 1 is 1.27 bits per heavy atom. The van der Waals surface area contributed by atoms with Crippen LogP contribution in [0.1, 0.15) is 33.1 Å². The van der Waals surface area contributed by atoms with E-state index in [1.807, 2.05) is 13.8 Å². The van der Waals surface area contributed by atoms with Gasteiger partial charge in [-0.1, -0.05) is 0 Å². The monoisotopic (exact) mass is 331 g/mol. The summed E-state index contributed by atoms with van der Waals surface area (Å²) < 4.78 is 25.0. The van der Waals surface area contributed by atoms with Gasteiger partial charge in [0.2, 0.25) is 21.8 Å². The average Bonchev–Trinajstić information content (AvgIpc) is 2.79. The van der Waals surface area contributed by atoms with Gasteiger partial charge in [-0.15, -0.1) is 0 Å². The minimum atomic E-state index is -3.21. The highest BCUT2D eigenvalue weighted by Gasteiger charge is 2.38. The number of piperidine rings is 1. The number of hydrogen-bond donors (Lipinski definition) is 1. The fraction of sp³-hybridized carbons (Fsp3) is 0.857. The zero-order chi connectivity index (χ0) is 16.5. The minimum absolute atomic E-state index is 0.0225. The molecule has 0 bridgehead atoms. The fourth-order valence-corrected chi connectivity index (χ4v) is 4.02. The number of carbonyl (C=O) groups excluding carboxylic acids is 2. The molecule has 0 aromatic carbocycles. The van der Waals surface area contributed by atoms with Crippen LogP contribution in [0.25, 0.3) is 0 Å². The minimum Gasteiger partial charge on any atom is -0.342 e. The highest BCUT2D eigenvalue weighted by atomic mass is 32.2. The molecule has 0 aliphatic carbocycles. The van der Waals surface area contributed by atoms with E-state index in [2.05, 4.69) is 4.72 Å². The van der Waals surface area contributed by atoms with E-state index in [0.717, 1.165) is 6.26 Å². The van der Waals surface area contributed by atoms with Crippen molar-refractivity contribution in [2.45, 2.75) is 45.2 Å². The molecule has 7 nitrogen and oxygen atoms in total. The van der Waals surface area contributed by atoms with Crippen LogP contribution in [0.15, 0.2) is 0 Å². The van der Waals surface area contributed by atoms with E-state index < -0.39 is 10.0 Å². The predicted molar refractivity (Wildman–Crippen MR) is 82.5 cm³/mol. The molecule has 2 aliphatic heterocycles. The number of rotatable bonds is 4. The van der Waals surface area contributed by atoms with Crippen LogP contribution in [0.5, 0.6) is 0 Å². The second-order valence-corrected chi connectivity index (χ2v) is 8.31. The smallest absolute Gasteiger partial charge is 0.227 e. The van der Waals surface area contributed by atoms with Gasteiger partial charge in [0.1, 0.15) is 0 Å². The molecule has 22 heavy (non-hydrogen) atoms. The first-order valence-corrected chi connectivity index (χ1v) is 9.62. The van der Waals surface area contributed by atoms with Crippen molar-refractivity contribution in [3.05, 3.63) is 0 Å². The maximum atomic E-state index is 12.5. The van der Waals surface area contributed by atoms with Crippen molar-refractivity contribution in [1.29, 1.82) is 0 Å². The molecule has 2 saturated heterocycles. The van der Waals surface area contributed by atoms with Crippen molar-refractivity contribution >= 4 is 21.8 Å². The van der Waals surface area contributed by atoms with E-state index in [1.54, 1.807) is 9.80 Å². The Labute approximate surface area is 132 Å². The Hall–Kier alpha value is -1.15. The lowest BCUT2D eigenvalue weighted by atomic mass is 10.0. The zero-order valence-electron chi connectivity index (χ0n) is 13.4. The van der Waals surface area contributed by atoms with Gasteiger partial charge in [-0.05, 0) is 26.7 Å². The Balaban J connectivity index is 1.87. The van der Waals surface area contributed by atoms with Crippen LogP contribution in [0.4, 0.5) is 0 Å². The van der Waals surface area contributed by atoms with Crippen LogP contribution in [0.3, 0.4) is 0 Å². The lowest BCUT2D eigenvalue weighted by Crippen LogP contribution is -2.48. The van der Waals surface area contributed by atoms with E-state index >= 15 is 0 Å². The Morgan fingerprint density at radius 3 is 2.32 bits per heavy atom. The van der Waals surface area contributed by atoms with Crippen LogP contribution in [0, 0.1) is 5.92 Å². The Morgan fingerprint density at radius 2 is 1.86 bits per heavy atom. The third kappa shape index (κ3) is 4.19. The molecule has 1 N–H and O–H groups in total. The standard InChI is InChI=1S/C14H25N3O4S/c1-10(2)17-9-11(8-13(17)18)14(19)16-6-4-12(5-7-16)15-22(3,20)21/h10-12,15H,4-9H2,1-3H3. The first-order chi connectivity index (χ1) is 10.2. The van der Waals surface area contributed by atoms with Crippen molar-refractivity contribution in [2.24, 2.45) is 5.92 Å². The largest absolute Gasteiger partial charge is 0.342 e. The fourth-order valence-electron chi connectivity index (χ4n) is 3.17. The SMILES string of the molecule is CC(C)N1CC(C(=O)N2CCC(NS(C)(=O)=O)CC2)CC1=O. The number of hydrogen-bond acceptors (Lipinski definition) is 4. The molecule has 2 aliphatic rings. The predicted octanol–water partition coefficient (Wildman–Crippen LogP) is -0.216. The zero-order valence-corrected chi connectivity index (χ0v) is 14.2. The molecular formula is C14H25N3O4S. The molecule has 2 amide bonds. The first-order valence-electron chi connectivity index (χ1n) is 7.73. The molecule has 2 fully saturated rings. The molecule has 1 atom stereocenters. The molecule has 2 rings (SSSR count). The van der Waals surface area contributed by atoms with Gasteiger partial charge in [-0.3, -0.25) is 9.59 Å². The van der Waals surface area contributed by atoms with Crippen LogP contribution in [-0.4, -0.2) is 68.0 Å². The van der Waals surface area contributed by atoms with Gasteiger partial charge in [0, 0.05) is 38.1 Å². The van der Waals surface area contributed by atoms with Gasteiger partial charge >= 0.3 is 0 Å². The summed E-state index contributed by atoms with van der Waals surface area (Å²) in [6, 6.07) is 0.0198. The molecule has 0 radical (unpaired) electrons. The molecule has 126 valence electrons. The highest BCUT2D eigenvalue weighted by molar-refractivity contribution is 7.88. The quantitative estimate of drug-likeness (QED) is 0.772. The number of carbonyl (C=O) groups is 2. The third-order valence-electron chi connectivity index (χ3n) is 4.32. The first kappa shape index (κ1) is 17.2. The molecular weight excluding hydrogens is 306 g/mol. The van der Waals surface area contributed by atoms with E-state index in [0.29, 0.717) is 38.9 Å². The summed E-state index contributed by atoms with van der Waals surface area (Å²) in [4.78, 5) is 27.9. The average molecular weight is 331 g/mol. The summed E-state index contributed by atoms with van der Waals surface area (Å²) in [7, 11) is -3.21. The summed E-state index contributed by atoms with van der Waals surface area (Å²) in [6.07, 6.45) is 2.68. The normalized spacial score (nSPS) is 24.4. The molecule has 2 heterocycles. The van der Waals surface area contributed by atoms with Crippen LogP contribution in [0.2, 0.25) is 0 Å². The topological polar surface area (TPSA) is 86.8 Å². The van der Waals surface area contributed by atoms with Crippen molar-refractivity contribution in [1.82, 2.24) is 14.5 Å². The summed E-state index contributed by atoms with van der Waals surface area (Å²) >= 11 is 0. The summed E-state index contributed by atoms with van der Waals surface area (Å²) in [5, 5.41) is 0. The number of likely N-dealkylation sites (tertiary alicyclic amines) is 2. The summed E-state index contributed by atoms with van der Waals surface area (Å²) in [5.74, 6) is -0.189. The molecule has 8 heteroatoms. The van der Waals surface area contributed by atoms with Crippen molar-refractivity contribution in [3.8, 4) is 0 Å². The van der Waals surface area contributed by atoms with E-state index in [-0.39, 0.29) is 29.8 Å². The lowest BCUT2D eigenvalue weighted by Gasteiger charge is -2.33. The summed E-state index contributed by atoms with van der Waals surface area (Å²) in [6.45, 7) is 5.48. The second kappa shape index (κ2) is 6.54. The van der Waals surface area contributed by atoms with Crippen molar-refractivity contribution in [3.63, 3.8) is 0 Å². The molecule has 0 aromatic rings. The highest BCUT2D eigenvalue weighted by Crippen LogP contribution is 2.23. The molecule has 0 saturated carbocycles. The van der Waals surface area contributed by atoms with Gasteiger partial charge in [0.15, 0.2) is 0 Å². The third-order valence-corrected chi connectivity index (χ3v) is 5.08. The molecule has 0 spiro atoms. The van der Waals surface area contributed by atoms with Crippen LogP contribution < -0.4 is 4.72 Å². The number of sulfonamides is 1. The maximum Gasteiger partial charge on any atom is 0.227 e. The number of amides is 2. The van der Waals surface area contributed by atoms with Gasteiger partial charge in [0.05, 0.1) is 12.2 Å². The summed E-state index contributed by atoms with van der Waals surface area (Å²) in [5.41, 5.74) is 0. The Kier molecular flexibility index (Phi) is 5.11. The Bertz CT molecular complexity index is 538. The van der Waals surface area contributed by atoms with Gasteiger partial charge in [-0.25, -0.2) is 13.1 Å². The lowest BCUT2D eigenvalue weighted by molar-refractivity contribution is -0.136. The van der Waals surface area contributed by atoms with Crippen molar-refractivity contribution < 1.29 is 18.0 Å². The van der Waals surface area contributed by atoms with Crippen molar-refractivity contribution in [2.75, 3.05) is 25.9 Å². The van der Waals surface area contributed by atoms with E-state index in [4.69, 9.17) is 0 Å². The van der Waals surface area contributed by atoms with Gasteiger partial charge < -0.3 is 9.80 Å². The van der Waals surface area contributed by atoms with E-state index in [1.165, 1.54) is 0 Å². The number of nitrogens with one attached hydrogen (secondary N) is 1. The second-order valence-electron chi connectivity index (χ2n) is 6.53. The molecule has 1 unspecified atom stereocenters.